The summed E-state index contributed by atoms with van der Waals surface area (Å²) in [6.07, 6.45) is 2.46. The molecule has 0 amide bonds. The molecule has 2 rings (SSSR count). The molecule has 0 bridgehead atoms. The molecule has 118 valence electrons. The second kappa shape index (κ2) is 7.92. The van der Waals surface area contributed by atoms with Crippen LogP contribution in [0.2, 0.25) is 0 Å². The van der Waals surface area contributed by atoms with Crippen LogP contribution in [0.4, 0.5) is 0 Å². The summed E-state index contributed by atoms with van der Waals surface area (Å²) in [7, 11) is 0. The van der Waals surface area contributed by atoms with E-state index in [-0.39, 0.29) is 5.60 Å². The highest BCUT2D eigenvalue weighted by atomic mass is 16.5. The summed E-state index contributed by atoms with van der Waals surface area (Å²) >= 11 is 0. The third-order valence-corrected chi connectivity index (χ3v) is 4.19. The maximum Gasteiger partial charge on any atom is 0.0750 e. The summed E-state index contributed by atoms with van der Waals surface area (Å²) in [5.41, 5.74) is 1.36. The Kier molecular flexibility index (Phi) is 6.22. The summed E-state index contributed by atoms with van der Waals surface area (Å²) < 4.78 is 5.75. The monoisotopic (exact) mass is 290 g/mol. The van der Waals surface area contributed by atoms with E-state index < -0.39 is 0 Å². The summed E-state index contributed by atoms with van der Waals surface area (Å²) in [5, 5.41) is 3.68. The average Bonchev–Trinajstić information content (AvgIpc) is 2.48. The molecule has 1 fully saturated rings. The van der Waals surface area contributed by atoms with Crippen LogP contribution < -0.4 is 5.32 Å². The molecule has 3 nitrogen and oxygen atoms in total. The molecule has 0 radical (unpaired) electrons. The fourth-order valence-corrected chi connectivity index (χ4v) is 2.97. The first-order chi connectivity index (χ1) is 10.1. The molecule has 0 spiro atoms. The first-order valence-electron chi connectivity index (χ1n) is 8.23. The van der Waals surface area contributed by atoms with Crippen LogP contribution in [0.3, 0.4) is 0 Å². The third-order valence-electron chi connectivity index (χ3n) is 4.19. The van der Waals surface area contributed by atoms with Crippen molar-refractivity contribution in [2.75, 3.05) is 26.2 Å². The Morgan fingerprint density at radius 2 is 1.86 bits per heavy atom. The number of likely N-dealkylation sites (tertiary alicyclic amines) is 1. The smallest absolute Gasteiger partial charge is 0.0750 e. The molecule has 1 aliphatic rings. The zero-order valence-corrected chi connectivity index (χ0v) is 13.8. The highest BCUT2D eigenvalue weighted by Gasteiger charge is 2.23. The molecule has 0 aromatic heterocycles. The van der Waals surface area contributed by atoms with Gasteiger partial charge < -0.3 is 10.1 Å². The number of rotatable bonds is 7. The van der Waals surface area contributed by atoms with E-state index in [2.05, 4.69) is 61.3 Å². The minimum Gasteiger partial charge on any atom is -0.375 e. The van der Waals surface area contributed by atoms with Gasteiger partial charge in [0.15, 0.2) is 0 Å². The number of nitrogens with zero attached hydrogens (tertiary/aromatic N) is 1. The Morgan fingerprint density at radius 1 is 1.19 bits per heavy atom. The van der Waals surface area contributed by atoms with Gasteiger partial charge in [-0.2, -0.15) is 0 Å². The van der Waals surface area contributed by atoms with E-state index in [9.17, 15) is 0 Å². The van der Waals surface area contributed by atoms with Crippen LogP contribution in [-0.2, 0) is 11.3 Å². The highest BCUT2D eigenvalue weighted by Crippen LogP contribution is 2.15. The van der Waals surface area contributed by atoms with Gasteiger partial charge in [-0.1, -0.05) is 30.3 Å². The topological polar surface area (TPSA) is 24.5 Å². The number of hydrogen-bond acceptors (Lipinski definition) is 3. The van der Waals surface area contributed by atoms with E-state index in [0.717, 1.165) is 19.7 Å². The molecular weight excluding hydrogens is 260 g/mol. The van der Waals surface area contributed by atoms with Crippen LogP contribution >= 0.6 is 0 Å². The van der Waals surface area contributed by atoms with Crippen molar-refractivity contribution < 1.29 is 4.74 Å². The van der Waals surface area contributed by atoms with Crippen molar-refractivity contribution in [2.45, 2.75) is 51.8 Å². The van der Waals surface area contributed by atoms with Gasteiger partial charge in [0.05, 0.1) is 5.60 Å². The number of nitrogens with one attached hydrogen (secondary N) is 1. The fraction of sp³-hybridized carbons (Fsp3) is 0.667. The van der Waals surface area contributed by atoms with E-state index in [1.54, 1.807) is 0 Å². The highest BCUT2D eigenvalue weighted by molar-refractivity contribution is 5.14. The van der Waals surface area contributed by atoms with Crippen molar-refractivity contribution in [3.8, 4) is 0 Å². The standard InChI is InChI=1S/C18H30N2O/c1-4-21-18(2,3)15-19-17-10-12-20(13-11-17)14-16-8-6-5-7-9-16/h5-9,17,19H,4,10-15H2,1-3H3. The molecule has 1 N–H and O–H groups in total. The van der Waals surface area contributed by atoms with Crippen molar-refractivity contribution in [2.24, 2.45) is 0 Å². The van der Waals surface area contributed by atoms with Crippen LogP contribution in [-0.4, -0.2) is 42.8 Å². The normalized spacial score (nSPS) is 18.0. The van der Waals surface area contributed by atoms with Gasteiger partial charge in [-0.05, 0) is 52.3 Å². The number of hydrogen-bond donors (Lipinski definition) is 1. The Bertz CT molecular complexity index is 397. The predicted molar refractivity (Wildman–Crippen MR) is 88.4 cm³/mol. The first kappa shape index (κ1) is 16.5. The van der Waals surface area contributed by atoms with Gasteiger partial charge >= 0.3 is 0 Å². The van der Waals surface area contributed by atoms with E-state index >= 15 is 0 Å². The maximum atomic E-state index is 5.75. The zero-order valence-electron chi connectivity index (χ0n) is 13.8. The van der Waals surface area contributed by atoms with Crippen molar-refractivity contribution in [3.63, 3.8) is 0 Å². The lowest BCUT2D eigenvalue weighted by Crippen LogP contribution is -2.47. The quantitative estimate of drug-likeness (QED) is 0.835. The Hall–Kier alpha value is -0.900. The zero-order chi connectivity index (χ0) is 15.1. The molecule has 1 saturated heterocycles. The molecule has 1 aliphatic heterocycles. The number of benzene rings is 1. The molecule has 0 saturated carbocycles. The van der Waals surface area contributed by atoms with Gasteiger partial charge in [0.2, 0.25) is 0 Å². The largest absolute Gasteiger partial charge is 0.375 e. The predicted octanol–water partition coefficient (Wildman–Crippen LogP) is 3.06. The minimum atomic E-state index is -0.0596. The second-order valence-electron chi connectivity index (χ2n) is 6.61. The Labute approximate surface area is 129 Å². The summed E-state index contributed by atoms with van der Waals surface area (Å²) in [6.45, 7) is 11.5. The SMILES string of the molecule is CCOC(C)(C)CNC1CCN(Cc2ccccc2)CC1. The van der Waals surface area contributed by atoms with Crippen LogP contribution in [0, 0.1) is 0 Å². The molecule has 0 aliphatic carbocycles. The summed E-state index contributed by atoms with van der Waals surface area (Å²) in [4.78, 5) is 2.56. The molecule has 3 heteroatoms. The molecule has 0 unspecified atom stereocenters. The number of piperidine rings is 1. The Balaban J connectivity index is 1.69. The van der Waals surface area contributed by atoms with Gasteiger partial charge in [-0.25, -0.2) is 0 Å². The molecule has 21 heavy (non-hydrogen) atoms. The van der Waals surface area contributed by atoms with Gasteiger partial charge in [0.1, 0.15) is 0 Å². The summed E-state index contributed by atoms with van der Waals surface area (Å²) in [5.74, 6) is 0. The first-order valence-corrected chi connectivity index (χ1v) is 8.23. The number of ether oxygens (including phenoxy) is 1. The minimum absolute atomic E-state index is 0.0596. The maximum absolute atomic E-state index is 5.75. The van der Waals surface area contributed by atoms with Crippen molar-refractivity contribution in [3.05, 3.63) is 35.9 Å². The van der Waals surface area contributed by atoms with Crippen LogP contribution in [0.1, 0.15) is 39.2 Å². The van der Waals surface area contributed by atoms with Crippen molar-refractivity contribution in [1.82, 2.24) is 10.2 Å². The van der Waals surface area contributed by atoms with E-state index in [4.69, 9.17) is 4.74 Å². The lowest BCUT2D eigenvalue weighted by atomic mass is 10.0. The van der Waals surface area contributed by atoms with Crippen LogP contribution in [0.25, 0.3) is 0 Å². The fourth-order valence-electron chi connectivity index (χ4n) is 2.97. The molecule has 1 heterocycles. The van der Waals surface area contributed by atoms with E-state index in [0.29, 0.717) is 6.04 Å². The second-order valence-corrected chi connectivity index (χ2v) is 6.61. The van der Waals surface area contributed by atoms with Gasteiger partial charge in [-0.15, -0.1) is 0 Å². The van der Waals surface area contributed by atoms with Crippen molar-refractivity contribution in [1.29, 1.82) is 0 Å². The molecular formula is C18H30N2O. The average molecular weight is 290 g/mol. The lowest BCUT2D eigenvalue weighted by molar-refractivity contribution is -0.0120. The van der Waals surface area contributed by atoms with Crippen molar-refractivity contribution >= 4 is 0 Å². The lowest BCUT2D eigenvalue weighted by Gasteiger charge is -2.34. The van der Waals surface area contributed by atoms with Gasteiger partial charge in [-0.3, -0.25) is 4.90 Å². The van der Waals surface area contributed by atoms with Gasteiger partial charge in [0.25, 0.3) is 0 Å². The molecule has 1 aromatic rings. The van der Waals surface area contributed by atoms with Gasteiger partial charge in [0, 0.05) is 25.7 Å². The van der Waals surface area contributed by atoms with Crippen LogP contribution in [0.5, 0.6) is 0 Å². The summed E-state index contributed by atoms with van der Waals surface area (Å²) in [6, 6.07) is 11.4. The third kappa shape index (κ3) is 5.77. The Morgan fingerprint density at radius 3 is 2.48 bits per heavy atom. The molecule has 1 aromatic carbocycles. The van der Waals surface area contributed by atoms with Crippen LogP contribution in [0.15, 0.2) is 30.3 Å². The van der Waals surface area contributed by atoms with E-state index in [1.165, 1.54) is 31.5 Å². The van der Waals surface area contributed by atoms with E-state index in [1.807, 2.05) is 0 Å². The molecule has 0 atom stereocenters.